The number of hydrogen-bond acceptors (Lipinski definition) is 4. The molecule has 32 heavy (non-hydrogen) atoms. The van der Waals surface area contributed by atoms with Gasteiger partial charge in [0.15, 0.2) is 0 Å². The summed E-state index contributed by atoms with van der Waals surface area (Å²) in [6.45, 7) is 2.47. The molecule has 1 saturated heterocycles. The van der Waals surface area contributed by atoms with Crippen molar-refractivity contribution in [2.75, 3.05) is 35.8 Å². The van der Waals surface area contributed by atoms with Gasteiger partial charge in [0.25, 0.3) is 15.9 Å². The predicted molar refractivity (Wildman–Crippen MR) is 123 cm³/mol. The van der Waals surface area contributed by atoms with Gasteiger partial charge in [-0.3, -0.25) is 9.52 Å². The smallest absolute Gasteiger partial charge is 0.261 e. The summed E-state index contributed by atoms with van der Waals surface area (Å²) < 4.78 is 40.5. The zero-order valence-electron chi connectivity index (χ0n) is 17.0. The largest absolute Gasteiger partial charge is 0.368 e. The quantitative estimate of drug-likeness (QED) is 0.601. The molecule has 3 aromatic rings. The summed E-state index contributed by atoms with van der Waals surface area (Å²) in [5, 5.41) is 0.671. The van der Waals surface area contributed by atoms with Gasteiger partial charge in [-0.15, -0.1) is 0 Å². The van der Waals surface area contributed by atoms with Gasteiger partial charge in [0.2, 0.25) is 0 Å². The number of benzene rings is 3. The van der Waals surface area contributed by atoms with Crippen LogP contribution in [-0.2, 0) is 10.0 Å². The molecule has 0 spiro atoms. The van der Waals surface area contributed by atoms with Crippen LogP contribution in [0.4, 0.5) is 15.8 Å². The third-order valence-electron chi connectivity index (χ3n) is 5.25. The van der Waals surface area contributed by atoms with Gasteiger partial charge in [0, 0.05) is 48.1 Å². The minimum absolute atomic E-state index is 0.0177. The maximum Gasteiger partial charge on any atom is 0.261 e. The second-order valence-electron chi connectivity index (χ2n) is 7.40. The zero-order valence-corrected chi connectivity index (χ0v) is 18.6. The third kappa shape index (κ3) is 5.03. The lowest BCUT2D eigenvalue weighted by atomic mass is 10.1. The second kappa shape index (κ2) is 9.18. The summed E-state index contributed by atoms with van der Waals surface area (Å²) in [6, 6.07) is 18.4. The molecule has 1 amide bonds. The van der Waals surface area contributed by atoms with Crippen molar-refractivity contribution in [2.24, 2.45) is 0 Å². The molecule has 0 unspecified atom stereocenters. The number of sulfonamides is 1. The van der Waals surface area contributed by atoms with E-state index in [2.05, 4.69) is 9.62 Å². The fraction of sp³-hybridized carbons (Fsp3) is 0.174. The Balaban J connectivity index is 1.39. The lowest BCUT2D eigenvalue weighted by Crippen LogP contribution is -2.48. The Labute approximate surface area is 191 Å². The Hall–Kier alpha value is -3.10. The highest BCUT2D eigenvalue weighted by atomic mass is 35.5. The number of amides is 1. The molecule has 3 aromatic carbocycles. The lowest BCUT2D eigenvalue weighted by Gasteiger charge is -2.36. The van der Waals surface area contributed by atoms with Gasteiger partial charge >= 0.3 is 0 Å². The molecule has 0 radical (unpaired) electrons. The normalized spacial score (nSPS) is 14.3. The van der Waals surface area contributed by atoms with Crippen molar-refractivity contribution in [3.05, 3.63) is 89.2 Å². The van der Waals surface area contributed by atoms with Crippen LogP contribution in [0.5, 0.6) is 0 Å². The fourth-order valence-corrected chi connectivity index (χ4v) is 4.77. The van der Waals surface area contributed by atoms with E-state index in [1.807, 2.05) is 24.3 Å². The van der Waals surface area contributed by atoms with Crippen molar-refractivity contribution in [1.29, 1.82) is 0 Å². The summed E-state index contributed by atoms with van der Waals surface area (Å²) >= 11 is 6.07. The van der Waals surface area contributed by atoms with Crippen molar-refractivity contribution >= 4 is 38.9 Å². The molecule has 4 rings (SSSR count). The summed E-state index contributed by atoms with van der Waals surface area (Å²) in [5.41, 5.74) is 1.69. The van der Waals surface area contributed by atoms with Crippen LogP contribution in [0.2, 0.25) is 5.02 Å². The number of nitrogens with one attached hydrogen (secondary N) is 1. The van der Waals surface area contributed by atoms with Gasteiger partial charge in [-0.25, -0.2) is 12.8 Å². The molecular formula is C23H21ClFN3O3S. The van der Waals surface area contributed by atoms with E-state index in [4.69, 9.17) is 11.6 Å². The van der Waals surface area contributed by atoms with Gasteiger partial charge in [0.1, 0.15) is 5.82 Å². The van der Waals surface area contributed by atoms with Crippen molar-refractivity contribution in [2.45, 2.75) is 4.90 Å². The fourth-order valence-electron chi connectivity index (χ4n) is 3.53. The highest BCUT2D eigenvalue weighted by Crippen LogP contribution is 2.22. The molecule has 0 aliphatic carbocycles. The third-order valence-corrected chi connectivity index (χ3v) is 6.88. The number of piperazine rings is 1. The summed E-state index contributed by atoms with van der Waals surface area (Å²) in [5.74, 6) is -0.601. The van der Waals surface area contributed by atoms with Crippen LogP contribution in [0.3, 0.4) is 0 Å². The molecule has 0 saturated carbocycles. The van der Waals surface area contributed by atoms with E-state index in [1.165, 1.54) is 48.5 Å². The Bertz CT molecular complexity index is 1210. The van der Waals surface area contributed by atoms with Crippen molar-refractivity contribution in [1.82, 2.24) is 4.90 Å². The van der Waals surface area contributed by atoms with Gasteiger partial charge < -0.3 is 9.80 Å². The van der Waals surface area contributed by atoms with E-state index in [0.29, 0.717) is 36.8 Å². The molecular weight excluding hydrogens is 453 g/mol. The van der Waals surface area contributed by atoms with Crippen molar-refractivity contribution in [3.8, 4) is 0 Å². The molecule has 0 bridgehead atoms. The standard InChI is InChI=1S/C23H21ClFN3O3S/c24-18-2-1-3-21(16-18)27-12-14-28(15-13-27)23(29)17-4-10-22(11-5-17)32(30,31)26-20-8-6-19(25)7-9-20/h1-11,16,26H,12-15H2. The number of rotatable bonds is 5. The van der Waals surface area contributed by atoms with Crippen LogP contribution in [0.1, 0.15) is 10.4 Å². The zero-order chi connectivity index (χ0) is 22.7. The molecule has 1 N–H and O–H groups in total. The van der Waals surface area contributed by atoms with E-state index in [-0.39, 0.29) is 16.5 Å². The number of carbonyl (C=O) groups is 1. The first kappa shape index (κ1) is 22.1. The predicted octanol–water partition coefficient (Wildman–Crippen LogP) is 4.24. The SMILES string of the molecule is O=C(c1ccc(S(=O)(=O)Nc2ccc(F)cc2)cc1)N1CCN(c2cccc(Cl)c2)CC1. The molecule has 0 aromatic heterocycles. The minimum atomic E-state index is -3.85. The molecule has 166 valence electrons. The van der Waals surface area contributed by atoms with Crippen LogP contribution < -0.4 is 9.62 Å². The number of anilines is 2. The Kier molecular flexibility index (Phi) is 6.34. The van der Waals surface area contributed by atoms with Gasteiger partial charge in [-0.05, 0) is 66.7 Å². The van der Waals surface area contributed by atoms with E-state index in [0.717, 1.165) is 5.69 Å². The van der Waals surface area contributed by atoms with Crippen LogP contribution >= 0.6 is 11.6 Å². The monoisotopic (exact) mass is 473 g/mol. The number of carbonyl (C=O) groups excluding carboxylic acids is 1. The maximum atomic E-state index is 13.0. The average molecular weight is 474 g/mol. The van der Waals surface area contributed by atoms with E-state index >= 15 is 0 Å². The Morgan fingerprint density at radius 1 is 0.906 bits per heavy atom. The maximum absolute atomic E-state index is 13.0. The van der Waals surface area contributed by atoms with Crippen molar-refractivity contribution in [3.63, 3.8) is 0 Å². The van der Waals surface area contributed by atoms with E-state index in [9.17, 15) is 17.6 Å². The number of nitrogens with zero attached hydrogens (tertiary/aromatic N) is 2. The number of halogens is 2. The summed E-state index contributed by atoms with van der Waals surface area (Å²) in [4.78, 5) is 16.8. The van der Waals surface area contributed by atoms with E-state index < -0.39 is 15.8 Å². The average Bonchev–Trinajstić information content (AvgIpc) is 2.80. The highest BCUT2D eigenvalue weighted by molar-refractivity contribution is 7.92. The molecule has 6 nitrogen and oxygen atoms in total. The summed E-state index contributed by atoms with van der Waals surface area (Å²) in [7, 11) is -3.85. The van der Waals surface area contributed by atoms with Crippen LogP contribution in [0.15, 0.2) is 77.7 Å². The number of hydrogen-bond donors (Lipinski definition) is 1. The van der Waals surface area contributed by atoms with Crippen LogP contribution in [0.25, 0.3) is 0 Å². The van der Waals surface area contributed by atoms with Crippen LogP contribution in [-0.4, -0.2) is 45.4 Å². The summed E-state index contributed by atoms with van der Waals surface area (Å²) in [6.07, 6.45) is 0. The van der Waals surface area contributed by atoms with Crippen LogP contribution in [0, 0.1) is 5.82 Å². The highest BCUT2D eigenvalue weighted by Gasteiger charge is 2.23. The molecule has 1 aliphatic heterocycles. The first-order chi connectivity index (χ1) is 15.3. The Morgan fingerprint density at radius 3 is 2.19 bits per heavy atom. The topological polar surface area (TPSA) is 69.7 Å². The van der Waals surface area contributed by atoms with Crippen molar-refractivity contribution < 1.29 is 17.6 Å². The molecule has 1 aliphatic rings. The first-order valence-corrected chi connectivity index (χ1v) is 11.9. The van der Waals surface area contributed by atoms with E-state index in [1.54, 1.807) is 4.90 Å². The second-order valence-corrected chi connectivity index (χ2v) is 9.51. The molecule has 1 fully saturated rings. The molecule has 1 heterocycles. The van der Waals surface area contributed by atoms with Gasteiger partial charge in [0.05, 0.1) is 4.90 Å². The van der Waals surface area contributed by atoms with Gasteiger partial charge in [-0.1, -0.05) is 17.7 Å². The Morgan fingerprint density at radius 2 is 1.56 bits per heavy atom. The minimum Gasteiger partial charge on any atom is -0.368 e. The molecule has 9 heteroatoms. The molecule has 0 atom stereocenters. The first-order valence-electron chi connectivity index (χ1n) is 10.00. The van der Waals surface area contributed by atoms with Gasteiger partial charge in [-0.2, -0.15) is 0 Å². The lowest BCUT2D eigenvalue weighted by molar-refractivity contribution is 0.0746.